The zero-order valence-electron chi connectivity index (χ0n) is 10.7. The Hall–Kier alpha value is -0.200. The van der Waals surface area contributed by atoms with Crippen LogP contribution in [0.15, 0.2) is 0 Å². The van der Waals surface area contributed by atoms with Gasteiger partial charge in [0.05, 0.1) is 13.2 Å². The summed E-state index contributed by atoms with van der Waals surface area (Å²) < 4.78 is 0. The quantitative estimate of drug-likeness (QED) is 0.344. The van der Waals surface area contributed by atoms with E-state index in [0.717, 1.165) is 25.9 Å². The minimum atomic E-state index is -0.0981. The Morgan fingerprint density at radius 2 is 1.82 bits per heavy atom. The van der Waals surface area contributed by atoms with Gasteiger partial charge in [-0.15, -0.1) is 0 Å². The van der Waals surface area contributed by atoms with Gasteiger partial charge in [0.15, 0.2) is 6.04 Å². The van der Waals surface area contributed by atoms with Crippen molar-refractivity contribution >= 4 is 0 Å². The molecule has 2 rings (SSSR count). The van der Waals surface area contributed by atoms with Crippen molar-refractivity contribution in [3.05, 3.63) is 0 Å². The first-order valence-corrected chi connectivity index (χ1v) is 7.09. The fourth-order valence-corrected chi connectivity index (χ4v) is 3.15. The van der Waals surface area contributed by atoms with Gasteiger partial charge in [0.1, 0.15) is 45.4 Å². The molecule has 0 aliphatic carbocycles. The molecule has 0 bridgehead atoms. The van der Waals surface area contributed by atoms with Gasteiger partial charge in [-0.1, -0.05) is 0 Å². The first kappa shape index (κ1) is 13.2. The summed E-state index contributed by atoms with van der Waals surface area (Å²) in [6.45, 7) is 8.19. The zero-order chi connectivity index (χ0) is 12.1. The molecule has 2 aliphatic rings. The highest BCUT2D eigenvalue weighted by molar-refractivity contribution is 4.68. The largest absolute Gasteiger partial charge is 0.391 e. The van der Waals surface area contributed by atoms with Crippen molar-refractivity contribution in [2.45, 2.75) is 25.0 Å². The molecule has 100 valence electrons. The third-order valence-electron chi connectivity index (χ3n) is 4.32. The molecule has 17 heavy (non-hydrogen) atoms. The maximum atomic E-state index is 9.95. The molecule has 0 saturated carbocycles. The minimum Gasteiger partial charge on any atom is -0.391 e. The molecule has 0 aromatic carbocycles. The van der Waals surface area contributed by atoms with Gasteiger partial charge in [-0.05, 0) is 12.8 Å². The average molecular weight is 246 g/mol. The highest BCUT2D eigenvalue weighted by Gasteiger charge is 2.32. The number of aliphatic hydroxyl groups is 2. The number of aliphatic hydroxyl groups excluding tert-OH is 2. The summed E-state index contributed by atoms with van der Waals surface area (Å²) in [6, 6.07) is 0.415. The molecule has 2 heterocycles. The lowest BCUT2D eigenvalue weighted by atomic mass is 10.0. The van der Waals surface area contributed by atoms with E-state index in [4.69, 9.17) is 5.11 Å². The molecule has 5 nitrogen and oxygen atoms in total. The molecule has 2 atom stereocenters. The number of hydrogen-bond acceptors (Lipinski definition) is 2. The molecule has 0 radical (unpaired) electrons. The van der Waals surface area contributed by atoms with Crippen LogP contribution in [0, 0.1) is 0 Å². The van der Waals surface area contributed by atoms with E-state index in [0.29, 0.717) is 12.6 Å². The molecular weight excluding hydrogens is 218 g/mol. The number of nitrogens with one attached hydrogen (secondary N) is 2. The molecule has 0 unspecified atom stereocenters. The summed E-state index contributed by atoms with van der Waals surface area (Å²) in [5.74, 6) is 0. The van der Waals surface area contributed by atoms with E-state index in [1.165, 1.54) is 37.6 Å². The summed E-state index contributed by atoms with van der Waals surface area (Å²) in [4.78, 5) is 3.17. The molecule has 0 aromatic heterocycles. The molecule has 2 saturated heterocycles. The van der Waals surface area contributed by atoms with E-state index in [-0.39, 0.29) is 6.10 Å². The van der Waals surface area contributed by atoms with Gasteiger partial charge in [0.25, 0.3) is 0 Å². The monoisotopic (exact) mass is 246 g/mol. The first-order valence-electron chi connectivity index (χ1n) is 7.09. The van der Waals surface area contributed by atoms with Crippen molar-refractivity contribution in [1.82, 2.24) is 0 Å². The van der Waals surface area contributed by atoms with Crippen molar-refractivity contribution in [2.75, 3.05) is 52.4 Å². The van der Waals surface area contributed by atoms with Crippen molar-refractivity contribution in [2.24, 2.45) is 0 Å². The van der Waals surface area contributed by atoms with Crippen LogP contribution in [0.3, 0.4) is 0 Å². The highest BCUT2D eigenvalue weighted by Crippen LogP contribution is 2.01. The fourth-order valence-electron chi connectivity index (χ4n) is 3.15. The minimum absolute atomic E-state index is 0.0981. The predicted molar refractivity (Wildman–Crippen MR) is 64.0 cm³/mol. The summed E-state index contributed by atoms with van der Waals surface area (Å²) in [7, 11) is 0. The lowest BCUT2D eigenvalue weighted by Gasteiger charge is -2.33. The SMILES string of the molecule is OCC[NH+]1CC[NH+](C[C@@H]2[NH2+]CCC[C@@H]2O)CC1. The third kappa shape index (κ3) is 3.89. The van der Waals surface area contributed by atoms with E-state index in [1.807, 2.05) is 0 Å². The molecule has 0 spiro atoms. The lowest BCUT2D eigenvalue weighted by molar-refractivity contribution is -1.02. The van der Waals surface area contributed by atoms with Crippen molar-refractivity contribution in [3.8, 4) is 0 Å². The van der Waals surface area contributed by atoms with Crippen LogP contribution in [0.4, 0.5) is 0 Å². The molecule has 6 N–H and O–H groups in total. The number of quaternary nitrogens is 3. The standard InChI is InChI=1S/C12H25N3O2/c16-9-8-14-4-6-15(7-5-14)10-11-12(17)2-1-3-13-11/h11-13,16-17H,1-10H2/p+3/t11-,12-/m0/s1. The second-order valence-corrected chi connectivity index (χ2v) is 5.58. The van der Waals surface area contributed by atoms with Gasteiger partial charge in [-0.3, -0.25) is 0 Å². The van der Waals surface area contributed by atoms with Gasteiger partial charge in [-0.25, -0.2) is 0 Å². The number of hydrogen-bond donors (Lipinski definition) is 5. The Morgan fingerprint density at radius 3 is 2.47 bits per heavy atom. The van der Waals surface area contributed by atoms with Crippen molar-refractivity contribution in [3.63, 3.8) is 0 Å². The maximum Gasteiger partial charge on any atom is 0.162 e. The zero-order valence-corrected chi connectivity index (χ0v) is 10.7. The van der Waals surface area contributed by atoms with Crippen LogP contribution in [-0.4, -0.2) is 74.8 Å². The van der Waals surface area contributed by atoms with Crippen LogP contribution in [0.2, 0.25) is 0 Å². The number of piperidine rings is 1. The predicted octanol–water partition coefficient (Wildman–Crippen LogP) is -5.15. The lowest BCUT2D eigenvalue weighted by Crippen LogP contribution is -3.29. The third-order valence-corrected chi connectivity index (χ3v) is 4.32. The second-order valence-electron chi connectivity index (χ2n) is 5.58. The van der Waals surface area contributed by atoms with Gasteiger partial charge in [0.2, 0.25) is 0 Å². The summed E-state index contributed by atoms with van der Waals surface area (Å²) >= 11 is 0. The van der Waals surface area contributed by atoms with E-state index in [9.17, 15) is 5.11 Å². The smallest absolute Gasteiger partial charge is 0.162 e. The molecule has 0 amide bonds. The summed E-state index contributed by atoms with van der Waals surface area (Å²) in [5, 5.41) is 21.2. The topological polar surface area (TPSA) is 66.0 Å². The fraction of sp³-hybridized carbons (Fsp3) is 1.00. The molecule has 2 aliphatic heterocycles. The Labute approximate surface area is 103 Å². The van der Waals surface area contributed by atoms with Gasteiger partial charge >= 0.3 is 0 Å². The van der Waals surface area contributed by atoms with E-state index >= 15 is 0 Å². The van der Waals surface area contributed by atoms with E-state index < -0.39 is 0 Å². The molecule has 2 fully saturated rings. The molecular formula is C12H28N3O2+3. The van der Waals surface area contributed by atoms with Crippen LogP contribution < -0.4 is 15.1 Å². The maximum absolute atomic E-state index is 9.95. The number of rotatable bonds is 4. The second kappa shape index (κ2) is 6.66. The Bertz CT molecular complexity index is 220. The van der Waals surface area contributed by atoms with E-state index in [1.54, 1.807) is 4.90 Å². The van der Waals surface area contributed by atoms with Crippen molar-refractivity contribution in [1.29, 1.82) is 0 Å². The van der Waals surface area contributed by atoms with Crippen LogP contribution in [0.1, 0.15) is 12.8 Å². The van der Waals surface area contributed by atoms with Gasteiger partial charge in [-0.2, -0.15) is 0 Å². The number of piperazine rings is 1. The summed E-state index contributed by atoms with van der Waals surface area (Å²) in [6.07, 6.45) is 2.04. The Kier molecular flexibility index (Phi) is 5.18. The van der Waals surface area contributed by atoms with Crippen molar-refractivity contribution < 1.29 is 25.3 Å². The van der Waals surface area contributed by atoms with Crippen LogP contribution in [0.25, 0.3) is 0 Å². The first-order chi connectivity index (χ1) is 8.29. The van der Waals surface area contributed by atoms with Crippen LogP contribution >= 0.6 is 0 Å². The van der Waals surface area contributed by atoms with E-state index in [2.05, 4.69) is 5.32 Å². The molecule has 5 heteroatoms. The van der Waals surface area contributed by atoms with Gasteiger partial charge in [0, 0.05) is 0 Å². The van der Waals surface area contributed by atoms with Gasteiger partial charge < -0.3 is 25.3 Å². The summed E-state index contributed by atoms with van der Waals surface area (Å²) in [5.41, 5.74) is 0. The highest BCUT2D eigenvalue weighted by atomic mass is 16.3. The normalized spacial score (nSPS) is 39.2. The number of nitrogens with two attached hydrogens (primary N) is 1. The molecule has 0 aromatic rings. The van der Waals surface area contributed by atoms with Crippen LogP contribution in [-0.2, 0) is 0 Å². The Morgan fingerprint density at radius 1 is 1.12 bits per heavy atom. The Balaban J connectivity index is 1.70. The average Bonchev–Trinajstić information content (AvgIpc) is 2.35. The van der Waals surface area contributed by atoms with Crippen LogP contribution in [0.5, 0.6) is 0 Å².